The number of hydrogen-bond donors (Lipinski definition) is 2. The van der Waals surface area contributed by atoms with Gasteiger partial charge in [0.15, 0.2) is 0 Å². The highest BCUT2D eigenvalue weighted by Gasteiger charge is 2.38. The lowest BCUT2D eigenvalue weighted by Gasteiger charge is -2.32. The topological polar surface area (TPSA) is 89.8 Å². The van der Waals surface area contributed by atoms with Gasteiger partial charge in [0, 0.05) is 38.4 Å². The number of aliphatic hydroxyl groups is 1. The van der Waals surface area contributed by atoms with Gasteiger partial charge in [-0.2, -0.15) is 18.2 Å². The molecule has 1 saturated heterocycles. The maximum atomic E-state index is 10.6. The Bertz CT molecular complexity index is 608. The van der Waals surface area contributed by atoms with Crippen LogP contribution in [0.25, 0.3) is 0 Å². The third-order valence-electron chi connectivity index (χ3n) is 3.69. The van der Waals surface area contributed by atoms with Crippen LogP contribution >= 0.6 is 0 Å². The van der Waals surface area contributed by atoms with Gasteiger partial charge in [0.2, 0.25) is 5.95 Å². The lowest BCUT2D eigenvalue weighted by Crippen LogP contribution is -2.39. The number of aliphatic carboxylic acids is 1. The minimum Gasteiger partial charge on any atom is -0.475 e. The number of anilines is 2. The summed E-state index contributed by atoms with van der Waals surface area (Å²) in [5.74, 6) is -1.06. The van der Waals surface area contributed by atoms with Crippen molar-refractivity contribution in [3.8, 4) is 0 Å². The first-order valence-corrected chi connectivity index (χ1v) is 7.69. The van der Waals surface area contributed by atoms with Gasteiger partial charge < -0.3 is 20.0 Å². The van der Waals surface area contributed by atoms with Gasteiger partial charge in [-0.1, -0.05) is 0 Å². The molecule has 0 aliphatic carbocycles. The number of nitrogens with zero attached hydrogens (tertiary/aromatic N) is 4. The van der Waals surface area contributed by atoms with Crippen molar-refractivity contribution in [2.75, 3.05) is 37.0 Å². The molecule has 0 aromatic carbocycles. The molecule has 2 N–H and O–H groups in total. The number of carbonyl (C=O) groups is 1. The summed E-state index contributed by atoms with van der Waals surface area (Å²) in [5.41, 5.74) is 2.11. The number of aliphatic hydroxyl groups excluding tert-OH is 1. The van der Waals surface area contributed by atoms with E-state index in [0.29, 0.717) is 6.54 Å². The summed E-state index contributed by atoms with van der Waals surface area (Å²) in [7, 11) is 3.89. The van der Waals surface area contributed by atoms with Crippen molar-refractivity contribution in [2.45, 2.75) is 39.0 Å². The first-order valence-electron chi connectivity index (χ1n) is 7.69. The smallest absolute Gasteiger partial charge is 0.475 e. The normalized spacial score (nSPS) is 17.6. The maximum absolute atomic E-state index is 10.6. The molecule has 1 aromatic heterocycles. The summed E-state index contributed by atoms with van der Waals surface area (Å²) in [6, 6.07) is 0. The number of hydrogen-bond acceptors (Lipinski definition) is 6. The summed E-state index contributed by atoms with van der Waals surface area (Å²) in [4.78, 5) is 22.1. The largest absolute Gasteiger partial charge is 0.490 e. The zero-order valence-electron chi connectivity index (χ0n) is 14.6. The molecule has 2 heterocycles. The Balaban J connectivity index is 0.000000381. The average Bonchev–Trinajstić information content (AvgIpc) is 2.49. The number of piperidine rings is 1. The molecular weight excluding hydrogens is 341 g/mol. The fraction of sp³-hybridized carbons (Fsp3) is 0.667. The molecule has 1 aromatic rings. The number of rotatable bonds is 2. The van der Waals surface area contributed by atoms with E-state index in [1.807, 2.05) is 32.8 Å². The average molecular weight is 364 g/mol. The minimum absolute atomic E-state index is 0.240. The lowest BCUT2D eigenvalue weighted by molar-refractivity contribution is -0.192. The number of alkyl halides is 3. The van der Waals surface area contributed by atoms with Gasteiger partial charge in [0.05, 0.1) is 6.10 Å². The van der Waals surface area contributed by atoms with E-state index in [1.54, 1.807) is 0 Å². The Morgan fingerprint density at radius 3 is 2.28 bits per heavy atom. The molecule has 1 atom stereocenters. The standard InChI is InChI=1S/C13H22N4O.C2HF3O2/c1-9-10(2)14-13(16(3)4)15-12(9)17-7-5-6-11(18)8-17;3-2(4,5)1(6)7/h11,18H,5-8H2,1-4H3;(H,6,7). The maximum Gasteiger partial charge on any atom is 0.490 e. The fourth-order valence-electron chi connectivity index (χ4n) is 2.25. The van der Waals surface area contributed by atoms with Crippen LogP contribution in [0.2, 0.25) is 0 Å². The molecule has 2 rings (SSSR count). The van der Waals surface area contributed by atoms with Crippen molar-refractivity contribution < 1.29 is 28.2 Å². The molecule has 25 heavy (non-hydrogen) atoms. The Labute approximate surface area is 144 Å². The number of aromatic nitrogens is 2. The predicted molar refractivity (Wildman–Crippen MR) is 87.0 cm³/mol. The van der Waals surface area contributed by atoms with Gasteiger partial charge in [0.25, 0.3) is 0 Å². The first kappa shape index (κ1) is 20.9. The second-order valence-electron chi connectivity index (χ2n) is 6.00. The number of carboxylic acids is 1. The molecule has 0 amide bonds. The van der Waals surface area contributed by atoms with Crippen LogP contribution in [-0.2, 0) is 4.79 Å². The van der Waals surface area contributed by atoms with E-state index >= 15 is 0 Å². The Morgan fingerprint density at radius 2 is 1.84 bits per heavy atom. The van der Waals surface area contributed by atoms with Crippen LogP contribution in [0.1, 0.15) is 24.1 Å². The van der Waals surface area contributed by atoms with Crippen LogP contribution in [0.5, 0.6) is 0 Å². The molecular formula is C15H23F3N4O3. The summed E-state index contributed by atoms with van der Waals surface area (Å²) >= 11 is 0. The van der Waals surface area contributed by atoms with Crippen LogP contribution in [-0.4, -0.2) is 65.6 Å². The molecule has 142 valence electrons. The number of aryl methyl sites for hydroxylation is 1. The van der Waals surface area contributed by atoms with Crippen molar-refractivity contribution in [1.82, 2.24) is 9.97 Å². The van der Waals surface area contributed by atoms with Crippen LogP contribution < -0.4 is 9.80 Å². The Morgan fingerprint density at radius 1 is 1.28 bits per heavy atom. The van der Waals surface area contributed by atoms with Crippen LogP contribution in [0.3, 0.4) is 0 Å². The molecule has 1 unspecified atom stereocenters. The highest BCUT2D eigenvalue weighted by atomic mass is 19.4. The van der Waals surface area contributed by atoms with Gasteiger partial charge in [0.1, 0.15) is 5.82 Å². The zero-order chi connectivity index (χ0) is 19.4. The molecule has 1 aliphatic heterocycles. The monoisotopic (exact) mass is 364 g/mol. The van der Waals surface area contributed by atoms with E-state index in [0.717, 1.165) is 42.4 Å². The van der Waals surface area contributed by atoms with Gasteiger partial charge in [-0.05, 0) is 26.7 Å². The first-order chi connectivity index (χ1) is 11.4. The van der Waals surface area contributed by atoms with E-state index in [4.69, 9.17) is 9.90 Å². The fourth-order valence-corrected chi connectivity index (χ4v) is 2.25. The number of carboxylic acid groups (broad SMARTS) is 1. The SMILES string of the molecule is Cc1nc(N(C)C)nc(N2CCCC(O)C2)c1C.O=C(O)C(F)(F)F. The van der Waals surface area contributed by atoms with Gasteiger partial charge >= 0.3 is 12.1 Å². The summed E-state index contributed by atoms with van der Waals surface area (Å²) in [5, 5.41) is 16.9. The van der Waals surface area contributed by atoms with Gasteiger partial charge in [-0.3, -0.25) is 0 Å². The highest BCUT2D eigenvalue weighted by molar-refractivity contribution is 5.73. The second kappa shape index (κ2) is 8.32. The van der Waals surface area contributed by atoms with Crippen molar-refractivity contribution in [1.29, 1.82) is 0 Å². The quantitative estimate of drug-likeness (QED) is 0.826. The number of halogens is 3. The van der Waals surface area contributed by atoms with Crippen LogP contribution in [0, 0.1) is 13.8 Å². The Kier molecular flexibility index (Phi) is 6.97. The molecule has 0 bridgehead atoms. The molecule has 1 aliphatic rings. The molecule has 7 nitrogen and oxygen atoms in total. The van der Waals surface area contributed by atoms with Crippen molar-refractivity contribution >= 4 is 17.7 Å². The van der Waals surface area contributed by atoms with E-state index in [1.165, 1.54) is 0 Å². The summed E-state index contributed by atoms with van der Waals surface area (Å²) in [6.07, 6.45) is -3.42. The lowest BCUT2D eigenvalue weighted by atomic mass is 10.1. The molecule has 0 spiro atoms. The zero-order valence-corrected chi connectivity index (χ0v) is 14.6. The van der Waals surface area contributed by atoms with Crippen molar-refractivity contribution in [3.05, 3.63) is 11.3 Å². The van der Waals surface area contributed by atoms with Gasteiger partial charge in [-0.15, -0.1) is 0 Å². The van der Waals surface area contributed by atoms with Crippen molar-refractivity contribution in [2.24, 2.45) is 0 Å². The van der Waals surface area contributed by atoms with E-state index in [-0.39, 0.29) is 6.10 Å². The van der Waals surface area contributed by atoms with Crippen LogP contribution in [0.4, 0.5) is 24.9 Å². The minimum atomic E-state index is -5.08. The van der Waals surface area contributed by atoms with E-state index in [2.05, 4.69) is 14.9 Å². The van der Waals surface area contributed by atoms with Gasteiger partial charge in [-0.25, -0.2) is 9.78 Å². The van der Waals surface area contributed by atoms with E-state index in [9.17, 15) is 18.3 Å². The number of β-amino-alcohol motifs (C(OH)–C–C–N with tert-alkyl or cyclic N) is 1. The third kappa shape index (κ3) is 6.04. The molecule has 0 saturated carbocycles. The third-order valence-corrected chi connectivity index (χ3v) is 3.69. The molecule has 1 fully saturated rings. The second-order valence-corrected chi connectivity index (χ2v) is 6.00. The highest BCUT2D eigenvalue weighted by Crippen LogP contribution is 2.25. The predicted octanol–water partition coefficient (Wildman–Crippen LogP) is 1.75. The Hall–Kier alpha value is -2.10. The molecule has 0 radical (unpaired) electrons. The summed E-state index contributed by atoms with van der Waals surface area (Å²) < 4.78 is 31.7. The molecule has 10 heteroatoms. The summed E-state index contributed by atoms with van der Waals surface area (Å²) in [6.45, 7) is 5.68. The van der Waals surface area contributed by atoms with E-state index < -0.39 is 12.1 Å². The van der Waals surface area contributed by atoms with Crippen molar-refractivity contribution in [3.63, 3.8) is 0 Å². The van der Waals surface area contributed by atoms with Crippen LogP contribution in [0.15, 0.2) is 0 Å².